The summed E-state index contributed by atoms with van der Waals surface area (Å²) in [7, 11) is 0. The van der Waals surface area contributed by atoms with Crippen LogP contribution in [-0.2, 0) is 11.2 Å². The first-order chi connectivity index (χ1) is 16.9. The molecular weight excluding hydrogens is 466 g/mol. The largest absolute Gasteiger partial charge is 0.508 e. The lowest BCUT2D eigenvalue weighted by Crippen LogP contribution is -2.34. The lowest BCUT2D eigenvalue weighted by atomic mass is 9.85. The van der Waals surface area contributed by atoms with E-state index in [0.717, 1.165) is 42.1 Å². The van der Waals surface area contributed by atoms with Crippen molar-refractivity contribution in [3.8, 4) is 5.75 Å². The Morgan fingerprint density at radius 2 is 2.00 bits per heavy atom. The number of halogens is 1. The summed E-state index contributed by atoms with van der Waals surface area (Å²) in [5.41, 5.74) is 2.20. The van der Waals surface area contributed by atoms with E-state index >= 15 is 0 Å². The number of amides is 1. The Morgan fingerprint density at radius 3 is 2.80 bits per heavy atom. The molecule has 8 heteroatoms. The molecule has 2 heterocycles. The van der Waals surface area contributed by atoms with Gasteiger partial charge in [-0.2, -0.15) is 0 Å². The smallest absolute Gasteiger partial charge is 0.264 e. The molecule has 1 aliphatic rings. The van der Waals surface area contributed by atoms with Gasteiger partial charge >= 0.3 is 0 Å². The van der Waals surface area contributed by atoms with Gasteiger partial charge in [0.2, 0.25) is 5.91 Å². The van der Waals surface area contributed by atoms with E-state index in [1.54, 1.807) is 25.1 Å². The average Bonchev–Trinajstić information content (AvgIpc) is 3.24. The Labute approximate surface area is 207 Å². The first kappa shape index (κ1) is 23.4. The Bertz CT molecular complexity index is 1440. The first-order valence-electron chi connectivity index (χ1n) is 12.1. The topological polar surface area (TPSA) is 97.4 Å². The van der Waals surface area contributed by atoms with Crippen LogP contribution in [0.1, 0.15) is 49.5 Å². The van der Waals surface area contributed by atoms with Crippen LogP contribution in [0.25, 0.3) is 21.8 Å². The molecule has 5 rings (SSSR count). The summed E-state index contributed by atoms with van der Waals surface area (Å²) in [6.45, 7) is 2.34. The third-order valence-corrected chi connectivity index (χ3v) is 7.38. The van der Waals surface area contributed by atoms with Gasteiger partial charge in [-0.15, -0.1) is 0 Å². The van der Waals surface area contributed by atoms with Crippen molar-refractivity contribution in [2.75, 3.05) is 6.54 Å². The van der Waals surface area contributed by atoms with Crippen molar-refractivity contribution in [3.05, 3.63) is 69.2 Å². The number of fused-ring (bicyclic) bond motifs is 3. The van der Waals surface area contributed by atoms with E-state index < -0.39 is 0 Å². The van der Waals surface area contributed by atoms with E-state index in [-0.39, 0.29) is 29.2 Å². The normalized spacial score (nSPS) is 18.2. The summed E-state index contributed by atoms with van der Waals surface area (Å²) in [5, 5.41) is 18.4. The van der Waals surface area contributed by atoms with Gasteiger partial charge in [-0.25, -0.2) is 0 Å². The fraction of sp³-hybridized carbons (Fsp3) is 0.370. The molecule has 0 spiro atoms. The van der Waals surface area contributed by atoms with Crippen LogP contribution in [0.2, 0.25) is 5.02 Å². The molecule has 1 saturated carbocycles. The van der Waals surface area contributed by atoms with Crippen molar-refractivity contribution >= 4 is 39.3 Å². The molecular formula is C27H28ClN3O4. The predicted octanol–water partition coefficient (Wildman–Crippen LogP) is 5.29. The highest BCUT2D eigenvalue weighted by atomic mass is 35.5. The number of pyridine rings is 1. The van der Waals surface area contributed by atoms with Gasteiger partial charge in [0.25, 0.3) is 5.56 Å². The molecule has 0 bridgehead atoms. The van der Waals surface area contributed by atoms with Gasteiger partial charge in [-0.3, -0.25) is 9.59 Å². The van der Waals surface area contributed by atoms with Crippen LogP contribution in [0.5, 0.6) is 5.75 Å². The Kier molecular flexibility index (Phi) is 6.52. The van der Waals surface area contributed by atoms with E-state index in [4.69, 9.17) is 16.1 Å². The summed E-state index contributed by atoms with van der Waals surface area (Å²) in [6, 6.07) is 12.5. The van der Waals surface area contributed by atoms with Crippen molar-refractivity contribution in [2.45, 2.75) is 51.5 Å². The zero-order chi connectivity index (χ0) is 24.5. The highest BCUT2D eigenvalue weighted by Crippen LogP contribution is 2.36. The fourth-order valence-electron chi connectivity index (χ4n) is 5.28. The average molecular weight is 494 g/mol. The maximum Gasteiger partial charge on any atom is 0.264 e. The Hall–Kier alpha value is -3.32. The summed E-state index contributed by atoms with van der Waals surface area (Å²) in [4.78, 5) is 26.0. The van der Waals surface area contributed by atoms with Crippen molar-refractivity contribution < 1.29 is 14.4 Å². The van der Waals surface area contributed by atoms with Gasteiger partial charge in [-0.1, -0.05) is 41.4 Å². The van der Waals surface area contributed by atoms with Crippen LogP contribution in [0.4, 0.5) is 0 Å². The second kappa shape index (κ2) is 9.74. The highest BCUT2D eigenvalue weighted by molar-refractivity contribution is 6.37. The molecule has 7 nitrogen and oxygen atoms in total. The number of nitrogens with zero attached hydrogens (tertiary/aromatic N) is 2. The zero-order valence-corrected chi connectivity index (χ0v) is 20.3. The Morgan fingerprint density at radius 1 is 1.20 bits per heavy atom. The summed E-state index contributed by atoms with van der Waals surface area (Å²) in [5.74, 6) is 1.01. The third kappa shape index (κ3) is 4.65. The Balaban J connectivity index is 1.32. The minimum atomic E-state index is -0.0999. The molecule has 2 aromatic heterocycles. The molecule has 0 saturated heterocycles. The van der Waals surface area contributed by atoms with Gasteiger partial charge in [0.15, 0.2) is 0 Å². The van der Waals surface area contributed by atoms with Crippen LogP contribution in [0, 0.1) is 12.8 Å². The number of aryl methyl sites for hydroxylation is 2. The summed E-state index contributed by atoms with van der Waals surface area (Å²) >= 11 is 6.55. The SMILES string of the molecule is Cc1onc2c1c(=O)n([C@@H]1CCC[C@H](CNC(=O)CCc3ccc(O)cc3)C1)c1cccc(Cl)c21. The lowest BCUT2D eigenvalue weighted by Gasteiger charge is -2.31. The molecule has 2 atom stereocenters. The monoisotopic (exact) mass is 493 g/mol. The molecule has 4 aromatic rings. The van der Waals surface area contributed by atoms with Crippen LogP contribution in [-0.4, -0.2) is 27.3 Å². The molecule has 2 N–H and O–H groups in total. The number of hydrogen-bond acceptors (Lipinski definition) is 5. The minimum Gasteiger partial charge on any atom is -0.508 e. The number of carbonyl (C=O) groups is 1. The molecule has 0 unspecified atom stereocenters. The van der Waals surface area contributed by atoms with Gasteiger partial charge in [0.05, 0.1) is 10.5 Å². The molecule has 182 valence electrons. The predicted molar refractivity (Wildman–Crippen MR) is 136 cm³/mol. The number of aromatic nitrogens is 2. The number of carbonyl (C=O) groups excluding carboxylic acids is 1. The number of benzene rings is 2. The van der Waals surface area contributed by atoms with E-state index in [1.165, 1.54) is 0 Å². The first-order valence-corrected chi connectivity index (χ1v) is 12.4. The molecule has 1 aliphatic carbocycles. The second-order valence-corrected chi connectivity index (χ2v) is 9.84. The molecule has 1 amide bonds. The minimum absolute atomic E-state index is 0.00909. The standard InChI is InChI=1S/C27H28ClN3O4/c1-16-24-26(30-35-16)25-21(28)6-3-7-22(25)31(27(24)34)19-5-2-4-18(14-19)15-29-23(33)13-10-17-8-11-20(32)12-9-17/h3,6-9,11-12,18-19,32H,2,4-5,10,13-15H2,1H3,(H,29,33)/t18-,19+/m0/s1. The van der Waals surface area contributed by atoms with Gasteiger partial charge < -0.3 is 19.5 Å². The molecule has 2 aromatic carbocycles. The van der Waals surface area contributed by atoms with E-state index in [0.29, 0.717) is 41.1 Å². The van der Waals surface area contributed by atoms with E-state index in [1.807, 2.05) is 28.8 Å². The number of aromatic hydroxyl groups is 1. The van der Waals surface area contributed by atoms with Gasteiger partial charge in [0, 0.05) is 24.4 Å². The molecule has 0 radical (unpaired) electrons. The fourth-order valence-corrected chi connectivity index (χ4v) is 5.54. The lowest BCUT2D eigenvalue weighted by molar-refractivity contribution is -0.121. The second-order valence-electron chi connectivity index (χ2n) is 9.43. The van der Waals surface area contributed by atoms with Crippen LogP contribution in [0.3, 0.4) is 0 Å². The number of rotatable bonds is 6. The molecule has 1 fully saturated rings. The number of phenols is 1. The van der Waals surface area contributed by atoms with E-state index in [2.05, 4.69) is 10.5 Å². The maximum absolute atomic E-state index is 13.6. The quantitative estimate of drug-likeness (QED) is 0.380. The molecule has 35 heavy (non-hydrogen) atoms. The van der Waals surface area contributed by atoms with Crippen LogP contribution in [0.15, 0.2) is 51.8 Å². The van der Waals surface area contributed by atoms with Crippen molar-refractivity contribution in [3.63, 3.8) is 0 Å². The molecule has 0 aliphatic heterocycles. The van der Waals surface area contributed by atoms with Gasteiger partial charge in [-0.05, 0) is 68.4 Å². The van der Waals surface area contributed by atoms with Crippen molar-refractivity contribution in [2.24, 2.45) is 5.92 Å². The van der Waals surface area contributed by atoms with E-state index in [9.17, 15) is 14.7 Å². The van der Waals surface area contributed by atoms with Gasteiger partial charge in [0.1, 0.15) is 22.4 Å². The number of phenolic OH excluding ortho intramolecular Hbond substituents is 1. The van der Waals surface area contributed by atoms with Crippen LogP contribution >= 0.6 is 11.6 Å². The maximum atomic E-state index is 13.6. The number of hydrogen-bond donors (Lipinski definition) is 2. The summed E-state index contributed by atoms with van der Waals surface area (Å²) < 4.78 is 7.23. The summed E-state index contributed by atoms with van der Waals surface area (Å²) in [6.07, 6.45) is 4.70. The van der Waals surface area contributed by atoms with Crippen molar-refractivity contribution in [1.82, 2.24) is 15.0 Å². The third-order valence-electron chi connectivity index (χ3n) is 7.07. The number of nitrogens with one attached hydrogen (secondary N) is 1. The zero-order valence-electron chi connectivity index (χ0n) is 19.6. The van der Waals surface area contributed by atoms with Crippen molar-refractivity contribution in [1.29, 1.82) is 0 Å². The van der Waals surface area contributed by atoms with Crippen LogP contribution < -0.4 is 10.9 Å². The highest BCUT2D eigenvalue weighted by Gasteiger charge is 2.28.